The molecule has 3 atom stereocenters. The normalized spacial score (nSPS) is 31.7. The highest BCUT2D eigenvalue weighted by molar-refractivity contribution is 4.95. The standard InChI is InChI=1S/C16H31NO2/c1-3-16(9-6-10-16)17-11-14(18)12-19-15-8-5-4-7-13(15)2/h13-15,17-18H,3-12H2,1-2H3. The van der Waals surface area contributed by atoms with Crippen LogP contribution in [0.25, 0.3) is 0 Å². The molecule has 0 radical (unpaired) electrons. The molecule has 2 fully saturated rings. The molecule has 3 heteroatoms. The van der Waals surface area contributed by atoms with Gasteiger partial charge in [-0.3, -0.25) is 0 Å². The highest BCUT2D eigenvalue weighted by Gasteiger charge is 2.34. The quantitative estimate of drug-likeness (QED) is 0.747. The van der Waals surface area contributed by atoms with Gasteiger partial charge < -0.3 is 15.2 Å². The van der Waals surface area contributed by atoms with Gasteiger partial charge in [0.15, 0.2) is 0 Å². The van der Waals surface area contributed by atoms with Gasteiger partial charge in [0.05, 0.1) is 18.8 Å². The fourth-order valence-corrected chi connectivity index (χ4v) is 3.42. The summed E-state index contributed by atoms with van der Waals surface area (Å²) in [6.07, 6.45) is 10.1. The number of hydrogen-bond acceptors (Lipinski definition) is 3. The van der Waals surface area contributed by atoms with Gasteiger partial charge in [0.2, 0.25) is 0 Å². The number of β-amino-alcohol motifs (C(OH)–C–C–N with tert-alkyl or cyclic N) is 1. The predicted molar refractivity (Wildman–Crippen MR) is 78.3 cm³/mol. The lowest BCUT2D eigenvalue weighted by molar-refractivity contribution is -0.0478. The Kier molecular flexibility index (Phi) is 5.67. The van der Waals surface area contributed by atoms with Gasteiger partial charge in [0, 0.05) is 12.1 Å². The summed E-state index contributed by atoms with van der Waals surface area (Å²) in [5, 5.41) is 13.6. The van der Waals surface area contributed by atoms with Crippen LogP contribution in [-0.4, -0.2) is 36.0 Å². The molecule has 0 aromatic heterocycles. The number of ether oxygens (including phenoxy) is 1. The highest BCUT2D eigenvalue weighted by atomic mass is 16.5. The third-order valence-electron chi connectivity index (χ3n) is 5.24. The maximum atomic E-state index is 10.1. The second-order valence-corrected chi connectivity index (χ2v) is 6.66. The van der Waals surface area contributed by atoms with Crippen LogP contribution in [0.15, 0.2) is 0 Å². The maximum absolute atomic E-state index is 10.1. The van der Waals surface area contributed by atoms with Crippen LogP contribution < -0.4 is 5.32 Å². The van der Waals surface area contributed by atoms with Gasteiger partial charge in [-0.25, -0.2) is 0 Å². The van der Waals surface area contributed by atoms with Crippen molar-refractivity contribution in [3.63, 3.8) is 0 Å². The minimum atomic E-state index is -0.363. The van der Waals surface area contributed by atoms with Crippen LogP contribution in [0.4, 0.5) is 0 Å². The summed E-state index contributed by atoms with van der Waals surface area (Å²) in [6, 6.07) is 0. The molecular formula is C16H31NO2. The van der Waals surface area contributed by atoms with Crippen LogP contribution in [0, 0.1) is 5.92 Å². The molecule has 2 aliphatic rings. The van der Waals surface area contributed by atoms with E-state index in [-0.39, 0.29) is 6.10 Å². The zero-order valence-electron chi connectivity index (χ0n) is 12.7. The Balaban J connectivity index is 1.62. The molecule has 2 N–H and O–H groups in total. The average molecular weight is 269 g/mol. The van der Waals surface area contributed by atoms with Crippen molar-refractivity contribution in [2.75, 3.05) is 13.2 Å². The Morgan fingerprint density at radius 3 is 2.58 bits per heavy atom. The number of aliphatic hydroxyl groups excluding tert-OH is 1. The molecule has 3 unspecified atom stereocenters. The lowest BCUT2D eigenvalue weighted by Crippen LogP contribution is -2.53. The third kappa shape index (κ3) is 4.17. The van der Waals surface area contributed by atoms with Gasteiger partial charge in [-0.2, -0.15) is 0 Å². The molecule has 0 aliphatic heterocycles. The molecule has 2 aliphatic carbocycles. The minimum absolute atomic E-state index is 0.319. The summed E-state index contributed by atoms with van der Waals surface area (Å²) < 4.78 is 5.92. The zero-order valence-corrected chi connectivity index (χ0v) is 12.7. The van der Waals surface area contributed by atoms with E-state index in [4.69, 9.17) is 4.74 Å². The highest BCUT2D eigenvalue weighted by Crippen LogP contribution is 2.34. The second-order valence-electron chi connectivity index (χ2n) is 6.66. The average Bonchev–Trinajstić information content (AvgIpc) is 2.37. The van der Waals surface area contributed by atoms with Crippen molar-refractivity contribution in [2.45, 2.75) is 83.0 Å². The summed E-state index contributed by atoms with van der Waals surface area (Å²) in [5.74, 6) is 0.655. The Labute approximate surface area is 118 Å². The van der Waals surface area contributed by atoms with E-state index >= 15 is 0 Å². The summed E-state index contributed by atoms with van der Waals surface area (Å²) in [4.78, 5) is 0. The Hall–Kier alpha value is -0.120. The lowest BCUT2D eigenvalue weighted by atomic mass is 9.75. The van der Waals surface area contributed by atoms with E-state index in [1.807, 2.05) is 0 Å². The molecule has 0 bridgehead atoms. The van der Waals surface area contributed by atoms with E-state index in [1.165, 1.54) is 51.4 Å². The number of rotatable bonds is 7. The fraction of sp³-hybridized carbons (Fsp3) is 1.00. The fourth-order valence-electron chi connectivity index (χ4n) is 3.42. The van der Waals surface area contributed by atoms with E-state index in [0.29, 0.717) is 30.7 Å². The van der Waals surface area contributed by atoms with Crippen molar-refractivity contribution in [2.24, 2.45) is 5.92 Å². The smallest absolute Gasteiger partial charge is 0.0898 e. The maximum Gasteiger partial charge on any atom is 0.0898 e. The van der Waals surface area contributed by atoms with E-state index in [1.54, 1.807) is 0 Å². The molecule has 19 heavy (non-hydrogen) atoms. The third-order valence-corrected chi connectivity index (χ3v) is 5.24. The van der Waals surface area contributed by atoms with Gasteiger partial charge in [0.25, 0.3) is 0 Å². The molecule has 0 heterocycles. The van der Waals surface area contributed by atoms with Gasteiger partial charge in [-0.05, 0) is 44.4 Å². The summed E-state index contributed by atoms with van der Waals surface area (Å²) in [7, 11) is 0. The van der Waals surface area contributed by atoms with Crippen molar-refractivity contribution in [3.8, 4) is 0 Å². The van der Waals surface area contributed by atoms with Gasteiger partial charge in [-0.1, -0.05) is 26.7 Å². The second kappa shape index (κ2) is 7.05. The molecular weight excluding hydrogens is 238 g/mol. The first-order valence-electron chi connectivity index (χ1n) is 8.20. The van der Waals surface area contributed by atoms with Crippen LogP contribution in [0.5, 0.6) is 0 Å². The largest absolute Gasteiger partial charge is 0.389 e. The molecule has 112 valence electrons. The molecule has 0 aromatic carbocycles. The topological polar surface area (TPSA) is 41.5 Å². The van der Waals surface area contributed by atoms with Crippen molar-refractivity contribution < 1.29 is 9.84 Å². The molecule has 0 saturated heterocycles. The number of aliphatic hydroxyl groups is 1. The molecule has 2 saturated carbocycles. The Bertz CT molecular complexity index is 260. The molecule has 0 amide bonds. The Morgan fingerprint density at radius 1 is 1.26 bits per heavy atom. The lowest BCUT2D eigenvalue weighted by Gasteiger charge is -2.43. The van der Waals surface area contributed by atoms with Crippen molar-refractivity contribution in [1.29, 1.82) is 0 Å². The first-order chi connectivity index (χ1) is 9.15. The minimum Gasteiger partial charge on any atom is -0.389 e. The first kappa shape index (κ1) is 15.3. The summed E-state index contributed by atoms with van der Waals surface area (Å²) in [6.45, 7) is 5.67. The van der Waals surface area contributed by atoms with Crippen LogP contribution >= 0.6 is 0 Å². The van der Waals surface area contributed by atoms with E-state index in [0.717, 1.165) is 0 Å². The predicted octanol–water partition coefficient (Wildman–Crippen LogP) is 2.86. The van der Waals surface area contributed by atoms with E-state index in [9.17, 15) is 5.11 Å². The first-order valence-corrected chi connectivity index (χ1v) is 8.20. The van der Waals surface area contributed by atoms with Crippen molar-refractivity contribution in [3.05, 3.63) is 0 Å². The zero-order chi connectivity index (χ0) is 13.7. The Morgan fingerprint density at radius 2 is 2.00 bits per heavy atom. The monoisotopic (exact) mass is 269 g/mol. The van der Waals surface area contributed by atoms with Gasteiger partial charge >= 0.3 is 0 Å². The van der Waals surface area contributed by atoms with Gasteiger partial charge in [-0.15, -0.1) is 0 Å². The van der Waals surface area contributed by atoms with Crippen LogP contribution in [0.3, 0.4) is 0 Å². The number of hydrogen-bond donors (Lipinski definition) is 2. The molecule has 3 nitrogen and oxygen atoms in total. The van der Waals surface area contributed by atoms with Crippen LogP contribution in [0.2, 0.25) is 0 Å². The van der Waals surface area contributed by atoms with Crippen LogP contribution in [-0.2, 0) is 4.74 Å². The van der Waals surface area contributed by atoms with E-state index < -0.39 is 0 Å². The molecule has 0 spiro atoms. The summed E-state index contributed by atoms with van der Waals surface area (Å²) >= 11 is 0. The SMILES string of the molecule is CCC1(NCC(O)COC2CCCCC2C)CCC1. The van der Waals surface area contributed by atoms with Gasteiger partial charge in [0.1, 0.15) is 0 Å². The van der Waals surface area contributed by atoms with Crippen LogP contribution in [0.1, 0.15) is 65.2 Å². The number of nitrogens with one attached hydrogen (secondary N) is 1. The van der Waals surface area contributed by atoms with Crippen molar-refractivity contribution in [1.82, 2.24) is 5.32 Å². The van der Waals surface area contributed by atoms with Crippen molar-refractivity contribution >= 4 is 0 Å². The summed E-state index contributed by atoms with van der Waals surface area (Å²) in [5.41, 5.74) is 0.319. The van der Waals surface area contributed by atoms with E-state index in [2.05, 4.69) is 19.2 Å². The molecule has 2 rings (SSSR count). The molecule has 0 aromatic rings.